The first-order chi connectivity index (χ1) is 9.20. The van der Waals surface area contributed by atoms with E-state index in [1.54, 1.807) is 11.8 Å². The number of hydrogen-bond donors (Lipinski definition) is 2. The van der Waals surface area contributed by atoms with Crippen LogP contribution in [0.15, 0.2) is 33.9 Å². The predicted molar refractivity (Wildman–Crippen MR) is 78.1 cm³/mol. The lowest BCUT2D eigenvalue weighted by Crippen LogP contribution is -2.23. The summed E-state index contributed by atoms with van der Waals surface area (Å²) in [5, 5.41) is 9.23. The van der Waals surface area contributed by atoms with Crippen LogP contribution in [0.25, 0.3) is 0 Å². The van der Waals surface area contributed by atoms with Gasteiger partial charge in [0.05, 0.1) is 12.1 Å². The van der Waals surface area contributed by atoms with Gasteiger partial charge >= 0.3 is 0 Å². The van der Waals surface area contributed by atoms with Gasteiger partial charge in [0.15, 0.2) is 0 Å². The Morgan fingerprint density at radius 3 is 3.05 bits per heavy atom. The molecular formula is C12H13BrN4OS. The van der Waals surface area contributed by atoms with Gasteiger partial charge in [0.1, 0.15) is 12.2 Å². The number of nitrogens with zero attached hydrogens (tertiary/aromatic N) is 2. The molecule has 2 rings (SSSR count). The highest BCUT2D eigenvalue weighted by Gasteiger charge is 2.11. The normalized spacial score (nSPS) is 10.4. The molecule has 0 aliphatic rings. The molecule has 0 atom stereocenters. The average molecular weight is 341 g/mol. The zero-order valence-corrected chi connectivity index (χ0v) is 12.7. The van der Waals surface area contributed by atoms with Crippen LogP contribution in [0.5, 0.6) is 0 Å². The summed E-state index contributed by atoms with van der Waals surface area (Å²) in [6.45, 7) is 2.41. The smallest absolute Gasteiger partial charge is 0.252 e. The number of nitrogens with one attached hydrogen (secondary N) is 2. The van der Waals surface area contributed by atoms with E-state index in [2.05, 4.69) is 43.4 Å². The number of carbonyl (C=O) groups is 1. The van der Waals surface area contributed by atoms with Gasteiger partial charge in [-0.15, -0.1) is 11.8 Å². The van der Waals surface area contributed by atoms with Crippen LogP contribution in [0.1, 0.15) is 23.1 Å². The minimum atomic E-state index is -0.137. The van der Waals surface area contributed by atoms with Gasteiger partial charge < -0.3 is 5.32 Å². The molecule has 0 saturated carbocycles. The average Bonchev–Trinajstić information content (AvgIpc) is 2.92. The number of halogens is 1. The topological polar surface area (TPSA) is 70.7 Å². The van der Waals surface area contributed by atoms with Crippen LogP contribution >= 0.6 is 27.7 Å². The van der Waals surface area contributed by atoms with Crippen molar-refractivity contribution >= 4 is 33.6 Å². The van der Waals surface area contributed by atoms with E-state index in [1.165, 1.54) is 6.33 Å². The predicted octanol–water partition coefficient (Wildman–Crippen LogP) is 2.61. The lowest BCUT2D eigenvalue weighted by molar-refractivity contribution is 0.0949. The number of aromatic amines is 1. The Balaban J connectivity index is 2.07. The molecule has 100 valence electrons. The number of rotatable bonds is 5. The Labute approximate surface area is 123 Å². The van der Waals surface area contributed by atoms with Crippen molar-refractivity contribution in [3.05, 3.63) is 40.4 Å². The second kappa shape index (κ2) is 6.72. The number of amides is 1. The second-order valence-electron chi connectivity index (χ2n) is 3.69. The third-order valence-electron chi connectivity index (χ3n) is 2.37. The van der Waals surface area contributed by atoms with E-state index in [4.69, 9.17) is 0 Å². The maximum Gasteiger partial charge on any atom is 0.252 e. The zero-order valence-electron chi connectivity index (χ0n) is 10.3. The lowest BCUT2D eigenvalue weighted by Gasteiger charge is -2.07. The first-order valence-corrected chi connectivity index (χ1v) is 7.53. The Morgan fingerprint density at radius 1 is 1.53 bits per heavy atom. The zero-order chi connectivity index (χ0) is 13.7. The van der Waals surface area contributed by atoms with E-state index >= 15 is 0 Å². The number of carbonyl (C=O) groups excluding carboxylic acids is 1. The Morgan fingerprint density at radius 2 is 2.37 bits per heavy atom. The Hall–Kier alpha value is -1.34. The van der Waals surface area contributed by atoms with Gasteiger partial charge in [0.25, 0.3) is 5.91 Å². The molecule has 0 aliphatic carbocycles. The van der Waals surface area contributed by atoms with Gasteiger partial charge in [-0.2, -0.15) is 5.10 Å². The molecule has 0 aliphatic heterocycles. The number of benzene rings is 1. The fraction of sp³-hybridized carbons (Fsp3) is 0.250. The third-order valence-corrected chi connectivity index (χ3v) is 3.94. The minimum Gasteiger partial charge on any atom is -0.345 e. The van der Waals surface area contributed by atoms with E-state index in [0.717, 1.165) is 15.1 Å². The van der Waals surface area contributed by atoms with E-state index < -0.39 is 0 Å². The maximum atomic E-state index is 12.1. The summed E-state index contributed by atoms with van der Waals surface area (Å²) < 4.78 is 0.781. The largest absolute Gasteiger partial charge is 0.345 e. The van der Waals surface area contributed by atoms with E-state index in [-0.39, 0.29) is 5.91 Å². The number of hydrogen-bond acceptors (Lipinski definition) is 4. The summed E-state index contributed by atoms with van der Waals surface area (Å²) in [5.41, 5.74) is 0.623. The number of H-pyrrole nitrogens is 1. The van der Waals surface area contributed by atoms with Crippen LogP contribution < -0.4 is 5.32 Å². The fourth-order valence-electron chi connectivity index (χ4n) is 1.51. The molecular weight excluding hydrogens is 328 g/mol. The van der Waals surface area contributed by atoms with Crippen molar-refractivity contribution in [3.8, 4) is 0 Å². The van der Waals surface area contributed by atoms with Gasteiger partial charge in [0.2, 0.25) is 0 Å². The maximum absolute atomic E-state index is 12.1. The highest BCUT2D eigenvalue weighted by atomic mass is 79.9. The molecule has 0 unspecified atom stereocenters. The quantitative estimate of drug-likeness (QED) is 0.820. The molecule has 0 fully saturated rings. The van der Waals surface area contributed by atoms with Gasteiger partial charge in [-0.05, 0) is 39.9 Å². The van der Waals surface area contributed by atoms with Crippen molar-refractivity contribution in [1.82, 2.24) is 20.5 Å². The van der Waals surface area contributed by atoms with Crippen LogP contribution in [0.3, 0.4) is 0 Å². The van der Waals surface area contributed by atoms with Crippen LogP contribution in [0.4, 0.5) is 0 Å². The summed E-state index contributed by atoms with van der Waals surface area (Å²) >= 11 is 5.10. The molecule has 0 radical (unpaired) electrons. The van der Waals surface area contributed by atoms with Crippen LogP contribution in [0, 0.1) is 0 Å². The van der Waals surface area contributed by atoms with E-state index in [1.807, 2.05) is 18.2 Å². The lowest BCUT2D eigenvalue weighted by atomic mass is 10.2. The van der Waals surface area contributed by atoms with Gasteiger partial charge in [-0.3, -0.25) is 9.89 Å². The SMILES string of the molecule is CCSc1ccc(Br)c(C(=O)NCc2ncn[nH]2)c1. The molecule has 2 N–H and O–H groups in total. The Bertz CT molecular complexity index is 559. The number of thioether (sulfide) groups is 1. The van der Waals surface area contributed by atoms with Crippen LogP contribution in [0.2, 0.25) is 0 Å². The first-order valence-electron chi connectivity index (χ1n) is 5.75. The molecule has 1 heterocycles. The third kappa shape index (κ3) is 3.81. The molecule has 0 bridgehead atoms. The van der Waals surface area contributed by atoms with Gasteiger partial charge in [0, 0.05) is 9.37 Å². The molecule has 0 saturated heterocycles. The standard InChI is InChI=1S/C12H13BrN4OS/c1-2-19-8-3-4-10(13)9(5-8)12(18)14-6-11-15-7-16-17-11/h3-5,7H,2,6H2,1H3,(H,14,18)(H,15,16,17). The summed E-state index contributed by atoms with van der Waals surface area (Å²) in [6, 6.07) is 5.76. The van der Waals surface area contributed by atoms with Crippen molar-refractivity contribution in [2.45, 2.75) is 18.4 Å². The molecule has 2 aromatic rings. The number of aromatic nitrogens is 3. The van der Waals surface area contributed by atoms with Gasteiger partial charge in [-0.1, -0.05) is 6.92 Å². The first kappa shape index (κ1) is 14.1. The van der Waals surface area contributed by atoms with Crippen LogP contribution in [-0.4, -0.2) is 26.8 Å². The van der Waals surface area contributed by atoms with E-state index in [0.29, 0.717) is 17.9 Å². The highest BCUT2D eigenvalue weighted by Crippen LogP contribution is 2.24. The summed E-state index contributed by atoms with van der Waals surface area (Å²) in [6.07, 6.45) is 1.41. The second-order valence-corrected chi connectivity index (χ2v) is 5.88. The fourth-order valence-corrected chi connectivity index (χ4v) is 2.64. The molecule has 7 heteroatoms. The van der Waals surface area contributed by atoms with Crippen molar-refractivity contribution in [2.24, 2.45) is 0 Å². The van der Waals surface area contributed by atoms with Crippen molar-refractivity contribution in [2.75, 3.05) is 5.75 Å². The minimum absolute atomic E-state index is 0.137. The molecule has 0 spiro atoms. The van der Waals surface area contributed by atoms with Crippen molar-refractivity contribution in [3.63, 3.8) is 0 Å². The molecule has 1 amide bonds. The van der Waals surface area contributed by atoms with Crippen molar-refractivity contribution < 1.29 is 4.79 Å². The Kier molecular flexibility index (Phi) is 4.98. The molecule has 1 aromatic carbocycles. The summed E-state index contributed by atoms with van der Waals surface area (Å²) in [5.74, 6) is 1.46. The van der Waals surface area contributed by atoms with Crippen molar-refractivity contribution in [1.29, 1.82) is 0 Å². The monoisotopic (exact) mass is 340 g/mol. The van der Waals surface area contributed by atoms with Gasteiger partial charge in [-0.25, -0.2) is 4.98 Å². The highest BCUT2D eigenvalue weighted by molar-refractivity contribution is 9.10. The summed E-state index contributed by atoms with van der Waals surface area (Å²) in [4.78, 5) is 17.1. The van der Waals surface area contributed by atoms with E-state index in [9.17, 15) is 4.79 Å². The summed E-state index contributed by atoms with van der Waals surface area (Å²) in [7, 11) is 0. The molecule has 1 aromatic heterocycles. The molecule has 5 nitrogen and oxygen atoms in total. The van der Waals surface area contributed by atoms with Crippen LogP contribution in [-0.2, 0) is 6.54 Å². The molecule has 19 heavy (non-hydrogen) atoms.